The number of nitrogens with zero attached hydrogens (tertiary/aromatic N) is 2. The van der Waals surface area contributed by atoms with Crippen LogP contribution in [0.15, 0.2) is 4.90 Å². The lowest BCUT2D eigenvalue weighted by molar-refractivity contribution is 0.0574. The molecule has 2 heterocycles. The van der Waals surface area contributed by atoms with Crippen LogP contribution in [-0.2, 0) is 15.5 Å². The van der Waals surface area contributed by atoms with E-state index >= 15 is 0 Å². The van der Waals surface area contributed by atoms with Gasteiger partial charge in [0.25, 0.3) is 15.0 Å². The van der Waals surface area contributed by atoms with Gasteiger partial charge in [-0.15, -0.1) is 0 Å². The molecule has 0 saturated carbocycles. The van der Waals surface area contributed by atoms with Crippen molar-refractivity contribution in [2.24, 2.45) is 5.41 Å². The number of amides is 1. The van der Waals surface area contributed by atoms with Crippen molar-refractivity contribution in [3.63, 3.8) is 0 Å². The van der Waals surface area contributed by atoms with Crippen molar-refractivity contribution in [3.8, 4) is 0 Å². The Balaban J connectivity index is 2.38. The van der Waals surface area contributed by atoms with Gasteiger partial charge in [0.15, 0.2) is 5.69 Å². The number of likely N-dealkylation sites (tertiary alicyclic amines) is 1. The van der Waals surface area contributed by atoms with Gasteiger partial charge in [0.2, 0.25) is 0 Å². The lowest BCUT2D eigenvalue weighted by Gasteiger charge is -2.37. The third kappa shape index (κ3) is 3.40. The average Bonchev–Trinajstić information content (AvgIpc) is 2.80. The summed E-state index contributed by atoms with van der Waals surface area (Å²) >= 11 is 0. The molecule has 21 heavy (non-hydrogen) atoms. The summed E-state index contributed by atoms with van der Waals surface area (Å²) in [5.41, 5.74) is 0.293. The maximum Gasteiger partial charge on any atom is 0.275 e. The van der Waals surface area contributed by atoms with Gasteiger partial charge in [0.05, 0.1) is 5.69 Å². The Kier molecular flexibility index (Phi) is 4.35. The van der Waals surface area contributed by atoms with Gasteiger partial charge in [-0.05, 0) is 24.7 Å². The fourth-order valence-electron chi connectivity index (χ4n) is 2.76. The molecular formula is C13H20ClN3O3S. The molecule has 0 unspecified atom stereocenters. The summed E-state index contributed by atoms with van der Waals surface area (Å²) in [4.78, 5) is 14.1. The number of piperidine rings is 1. The van der Waals surface area contributed by atoms with E-state index in [9.17, 15) is 13.2 Å². The van der Waals surface area contributed by atoms with Crippen molar-refractivity contribution < 1.29 is 13.2 Å². The molecule has 1 saturated heterocycles. The van der Waals surface area contributed by atoms with Crippen molar-refractivity contribution in [1.82, 2.24) is 15.1 Å². The van der Waals surface area contributed by atoms with Crippen molar-refractivity contribution in [2.75, 3.05) is 13.1 Å². The Morgan fingerprint density at radius 2 is 2.14 bits per heavy atom. The van der Waals surface area contributed by atoms with Crippen LogP contribution in [-0.4, -0.2) is 42.5 Å². The van der Waals surface area contributed by atoms with Crippen LogP contribution in [0.3, 0.4) is 0 Å². The monoisotopic (exact) mass is 333 g/mol. The van der Waals surface area contributed by atoms with Crippen LogP contribution in [0.2, 0.25) is 0 Å². The lowest BCUT2D eigenvalue weighted by Crippen LogP contribution is -2.44. The molecule has 1 amide bonds. The number of aromatic amines is 1. The van der Waals surface area contributed by atoms with Gasteiger partial charge in [-0.25, -0.2) is 8.42 Å². The summed E-state index contributed by atoms with van der Waals surface area (Å²) in [5.74, 6) is -0.377. The largest absolute Gasteiger partial charge is 0.337 e. The average molecular weight is 334 g/mol. The van der Waals surface area contributed by atoms with E-state index in [1.165, 1.54) is 0 Å². The van der Waals surface area contributed by atoms with E-state index in [0.717, 1.165) is 12.8 Å². The van der Waals surface area contributed by atoms with E-state index in [1.807, 2.05) is 0 Å². The van der Waals surface area contributed by atoms with Crippen molar-refractivity contribution >= 4 is 25.6 Å². The first-order chi connectivity index (χ1) is 9.65. The molecule has 0 atom stereocenters. The van der Waals surface area contributed by atoms with E-state index in [1.54, 1.807) is 11.8 Å². The second kappa shape index (κ2) is 5.61. The molecule has 0 aliphatic carbocycles. The van der Waals surface area contributed by atoms with Gasteiger partial charge >= 0.3 is 0 Å². The smallest absolute Gasteiger partial charge is 0.275 e. The minimum absolute atomic E-state index is 0.0256. The molecule has 0 radical (unpaired) electrons. The highest BCUT2D eigenvalue weighted by atomic mass is 35.7. The zero-order chi connectivity index (χ0) is 15.8. The maximum absolute atomic E-state index is 12.6. The Morgan fingerprint density at radius 3 is 2.67 bits per heavy atom. The minimum atomic E-state index is -4.01. The fourth-order valence-corrected chi connectivity index (χ4v) is 4.11. The number of hydrogen-bond acceptors (Lipinski definition) is 4. The number of aryl methyl sites for hydroxylation is 1. The van der Waals surface area contributed by atoms with Gasteiger partial charge in [-0.1, -0.05) is 20.8 Å². The first kappa shape index (κ1) is 16.3. The summed E-state index contributed by atoms with van der Waals surface area (Å²) in [6.45, 7) is 7.15. The Labute approximate surface area is 129 Å². The summed E-state index contributed by atoms with van der Waals surface area (Å²) < 4.78 is 23.5. The highest BCUT2D eigenvalue weighted by Crippen LogP contribution is 2.31. The zero-order valence-corrected chi connectivity index (χ0v) is 14.0. The number of aromatic nitrogens is 2. The second-order valence-corrected chi connectivity index (χ2v) is 8.67. The molecule has 0 spiro atoms. The maximum atomic E-state index is 12.6. The Bertz CT molecular complexity index is 652. The highest BCUT2D eigenvalue weighted by Gasteiger charge is 2.34. The third-order valence-corrected chi connectivity index (χ3v) is 5.17. The lowest BCUT2D eigenvalue weighted by atomic mass is 9.84. The molecule has 0 bridgehead atoms. The number of carbonyl (C=O) groups excluding carboxylic acids is 1. The van der Waals surface area contributed by atoms with E-state index in [-0.39, 0.29) is 21.9 Å². The van der Waals surface area contributed by atoms with Crippen LogP contribution >= 0.6 is 10.7 Å². The number of nitrogens with one attached hydrogen (secondary N) is 1. The van der Waals surface area contributed by atoms with Crippen molar-refractivity contribution in [2.45, 2.75) is 44.9 Å². The van der Waals surface area contributed by atoms with Gasteiger partial charge in [-0.2, -0.15) is 5.10 Å². The predicted octanol–water partition coefficient (Wildman–Crippen LogP) is 2.16. The molecule has 1 N–H and O–H groups in total. The summed E-state index contributed by atoms with van der Waals surface area (Å²) in [7, 11) is 1.46. The Hall–Kier alpha value is -1.08. The topological polar surface area (TPSA) is 83.1 Å². The first-order valence-electron chi connectivity index (χ1n) is 6.97. The van der Waals surface area contributed by atoms with E-state index in [4.69, 9.17) is 10.7 Å². The van der Waals surface area contributed by atoms with Crippen molar-refractivity contribution in [1.29, 1.82) is 0 Å². The highest BCUT2D eigenvalue weighted by molar-refractivity contribution is 8.13. The molecule has 118 valence electrons. The number of halogens is 1. The number of H-pyrrole nitrogens is 1. The Morgan fingerprint density at radius 1 is 1.48 bits per heavy atom. The molecule has 1 aliphatic heterocycles. The van der Waals surface area contributed by atoms with Crippen LogP contribution < -0.4 is 0 Å². The van der Waals surface area contributed by atoms with E-state index in [2.05, 4.69) is 24.0 Å². The number of carbonyl (C=O) groups is 1. The molecule has 1 aromatic rings. The molecular weight excluding hydrogens is 314 g/mol. The van der Waals surface area contributed by atoms with Crippen LogP contribution in [0.1, 0.15) is 49.8 Å². The quantitative estimate of drug-likeness (QED) is 0.859. The molecule has 8 heteroatoms. The minimum Gasteiger partial charge on any atom is -0.337 e. The number of rotatable bonds is 3. The SMILES string of the molecule is CCc1[nH]nc(C(=O)N2CCCC(C)(C)C2)c1S(=O)(=O)Cl. The first-order valence-corrected chi connectivity index (χ1v) is 9.28. The van der Waals surface area contributed by atoms with Crippen LogP contribution in [0.5, 0.6) is 0 Å². The molecule has 1 aromatic heterocycles. The summed E-state index contributed by atoms with van der Waals surface area (Å²) in [6, 6.07) is 0. The van der Waals surface area contributed by atoms with E-state index < -0.39 is 9.05 Å². The molecule has 6 nitrogen and oxygen atoms in total. The van der Waals surface area contributed by atoms with Crippen LogP contribution in [0.25, 0.3) is 0 Å². The fraction of sp³-hybridized carbons (Fsp3) is 0.692. The standard InChI is InChI=1S/C13H20ClN3O3S/c1-4-9-11(21(14,19)20)10(16-15-9)12(18)17-7-5-6-13(2,3)8-17/h4-8H2,1-3H3,(H,15,16). The van der Waals surface area contributed by atoms with Gasteiger partial charge in [-0.3, -0.25) is 9.89 Å². The predicted molar refractivity (Wildman–Crippen MR) is 79.9 cm³/mol. The molecule has 2 rings (SSSR count). The third-order valence-electron chi connectivity index (χ3n) is 3.78. The summed E-state index contributed by atoms with van der Waals surface area (Å²) in [6.07, 6.45) is 2.35. The van der Waals surface area contributed by atoms with E-state index in [0.29, 0.717) is 25.2 Å². The van der Waals surface area contributed by atoms with Crippen molar-refractivity contribution in [3.05, 3.63) is 11.4 Å². The van der Waals surface area contributed by atoms with Gasteiger partial charge in [0, 0.05) is 23.8 Å². The second-order valence-electron chi connectivity index (χ2n) is 6.17. The van der Waals surface area contributed by atoms with Gasteiger partial charge in [0.1, 0.15) is 4.90 Å². The normalized spacial score (nSPS) is 18.8. The molecule has 1 fully saturated rings. The van der Waals surface area contributed by atoms with Crippen LogP contribution in [0.4, 0.5) is 0 Å². The van der Waals surface area contributed by atoms with Crippen LogP contribution in [0, 0.1) is 5.41 Å². The molecule has 0 aromatic carbocycles. The molecule has 1 aliphatic rings. The summed E-state index contributed by atoms with van der Waals surface area (Å²) in [5, 5.41) is 6.51. The zero-order valence-electron chi connectivity index (χ0n) is 12.4. The number of hydrogen-bond donors (Lipinski definition) is 1. The van der Waals surface area contributed by atoms with Gasteiger partial charge < -0.3 is 4.90 Å².